The maximum Gasteiger partial charge on any atom is 0.322 e. The summed E-state index contributed by atoms with van der Waals surface area (Å²) in [5, 5.41) is 10.4. The Kier molecular flexibility index (Phi) is 5.16. The number of hydrogen-bond donors (Lipinski definition) is 1. The van der Waals surface area contributed by atoms with Crippen LogP contribution in [0.2, 0.25) is 0 Å². The molecule has 0 fully saturated rings. The summed E-state index contributed by atoms with van der Waals surface area (Å²) < 4.78 is 32.0. The number of fused-ring (bicyclic) bond motifs is 1. The summed E-state index contributed by atoms with van der Waals surface area (Å²) in [4.78, 5) is 13.0. The van der Waals surface area contributed by atoms with E-state index >= 15 is 0 Å². The highest BCUT2D eigenvalue weighted by molar-refractivity contribution is 7.89. The largest absolute Gasteiger partial charge is 0.403 e. The van der Waals surface area contributed by atoms with Crippen LogP contribution in [0.25, 0.3) is 11.5 Å². The first-order valence-corrected chi connectivity index (χ1v) is 10.8. The van der Waals surface area contributed by atoms with Crippen LogP contribution in [-0.2, 0) is 27.8 Å². The lowest BCUT2D eigenvalue weighted by molar-refractivity contribution is -0.120. The van der Waals surface area contributed by atoms with Crippen molar-refractivity contribution in [2.45, 2.75) is 25.9 Å². The van der Waals surface area contributed by atoms with Crippen molar-refractivity contribution in [3.63, 3.8) is 0 Å². The van der Waals surface area contributed by atoms with Crippen molar-refractivity contribution in [2.24, 2.45) is 0 Å². The van der Waals surface area contributed by atoms with Gasteiger partial charge in [-0.05, 0) is 36.6 Å². The van der Waals surface area contributed by atoms with Gasteiger partial charge in [0.1, 0.15) is 6.04 Å². The maximum atomic E-state index is 13.0. The summed E-state index contributed by atoms with van der Waals surface area (Å²) in [6, 6.07) is 15.7. The highest BCUT2D eigenvalue weighted by Gasteiger charge is 2.38. The Morgan fingerprint density at radius 3 is 2.52 bits per heavy atom. The molecule has 0 unspecified atom stereocenters. The third-order valence-corrected chi connectivity index (χ3v) is 6.73. The average Bonchev–Trinajstić information content (AvgIpc) is 3.22. The molecule has 4 rings (SSSR count). The highest BCUT2D eigenvalue weighted by atomic mass is 32.2. The summed E-state index contributed by atoms with van der Waals surface area (Å²) in [7, 11) is -3.58. The first kappa shape index (κ1) is 19.3. The van der Waals surface area contributed by atoms with Gasteiger partial charge in [0, 0.05) is 12.1 Å². The molecule has 1 aromatic heterocycles. The first-order valence-electron chi connectivity index (χ1n) is 9.24. The number of sulfonamides is 1. The molecule has 0 spiro atoms. The molecular formula is C20H20N4O4S. The Balaban J connectivity index is 1.59. The molecular weight excluding hydrogens is 392 g/mol. The average molecular weight is 412 g/mol. The lowest BCUT2D eigenvalue weighted by Gasteiger charge is -2.34. The molecule has 1 atom stereocenters. The van der Waals surface area contributed by atoms with E-state index in [2.05, 4.69) is 15.5 Å². The van der Waals surface area contributed by atoms with E-state index < -0.39 is 22.0 Å². The molecule has 2 heterocycles. The molecule has 1 N–H and O–H groups in total. The summed E-state index contributed by atoms with van der Waals surface area (Å²) in [6.07, 6.45) is 0.279. The van der Waals surface area contributed by atoms with Gasteiger partial charge in [0.05, 0.1) is 5.75 Å². The van der Waals surface area contributed by atoms with Gasteiger partial charge in [-0.2, -0.15) is 4.31 Å². The smallest absolute Gasteiger partial charge is 0.322 e. The van der Waals surface area contributed by atoms with Crippen molar-refractivity contribution in [3.8, 4) is 11.5 Å². The van der Waals surface area contributed by atoms with Crippen LogP contribution in [0.5, 0.6) is 0 Å². The van der Waals surface area contributed by atoms with Crippen LogP contribution in [0.4, 0.5) is 6.01 Å². The van der Waals surface area contributed by atoms with Gasteiger partial charge in [-0.1, -0.05) is 47.6 Å². The van der Waals surface area contributed by atoms with Crippen molar-refractivity contribution in [3.05, 3.63) is 65.7 Å². The van der Waals surface area contributed by atoms with Crippen molar-refractivity contribution in [1.82, 2.24) is 14.5 Å². The fourth-order valence-corrected chi connectivity index (χ4v) is 4.57. The van der Waals surface area contributed by atoms with E-state index in [1.165, 1.54) is 4.31 Å². The second-order valence-corrected chi connectivity index (χ2v) is 8.91. The van der Waals surface area contributed by atoms with Crippen LogP contribution in [0.15, 0.2) is 59.0 Å². The van der Waals surface area contributed by atoms with Crippen LogP contribution >= 0.6 is 0 Å². The van der Waals surface area contributed by atoms with E-state index in [0.29, 0.717) is 0 Å². The van der Waals surface area contributed by atoms with Gasteiger partial charge >= 0.3 is 6.01 Å². The molecule has 0 radical (unpaired) electrons. The summed E-state index contributed by atoms with van der Waals surface area (Å²) in [5.41, 5.74) is 2.57. The molecule has 9 heteroatoms. The van der Waals surface area contributed by atoms with Crippen LogP contribution in [0, 0.1) is 0 Å². The zero-order chi connectivity index (χ0) is 20.4. The van der Waals surface area contributed by atoms with Crippen LogP contribution in [-0.4, -0.2) is 40.6 Å². The van der Waals surface area contributed by atoms with Crippen molar-refractivity contribution < 1.29 is 17.6 Å². The van der Waals surface area contributed by atoms with E-state index in [4.69, 9.17) is 4.42 Å². The highest BCUT2D eigenvalue weighted by Crippen LogP contribution is 2.27. The quantitative estimate of drug-likeness (QED) is 0.690. The Labute approximate surface area is 168 Å². The topological polar surface area (TPSA) is 105 Å². The summed E-state index contributed by atoms with van der Waals surface area (Å²) in [5.74, 6) is -0.315. The maximum absolute atomic E-state index is 13.0. The van der Waals surface area contributed by atoms with Gasteiger partial charge in [-0.3, -0.25) is 10.1 Å². The van der Waals surface area contributed by atoms with Crippen molar-refractivity contribution in [1.29, 1.82) is 0 Å². The molecule has 1 aliphatic rings. The first-order chi connectivity index (χ1) is 14.0. The number of anilines is 1. The predicted octanol–water partition coefficient (Wildman–Crippen LogP) is 2.45. The second kappa shape index (κ2) is 7.76. The minimum atomic E-state index is -3.58. The molecule has 150 valence electrons. The van der Waals surface area contributed by atoms with Gasteiger partial charge in [0.2, 0.25) is 21.8 Å². The van der Waals surface area contributed by atoms with Gasteiger partial charge in [0.25, 0.3) is 0 Å². The van der Waals surface area contributed by atoms with Gasteiger partial charge < -0.3 is 4.42 Å². The zero-order valence-electron chi connectivity index (χ0n) is 15.8. The van der Waals surface area contributed by atoms with E-state index in [9.17, 15) is 13.2 Å². The molecule has 29 heavy (non-hydrogen) atoms. The number of nitrogens with zero attached hydrogens (tertiary/aromatic N) is 3. The molecule has 1 aliphatic heterocycles. The molecule has 0 saturated heterocycles. The number of hydrogen-bond acceptors (Lipinski definition) is 6. The third-order valence-electron chi connectivity index (χ3n) is 4.91. The van der Waals surface area contributed by atoms with E-state index in [0.717, 1.165) is 16.7 Å². The molecule has 8 nitrogen and oxygen atoms in total. The minimum Gasteiger partial charge on any atom is -0.403 e. The number of amides is 1. The standard InChI is InChI=1S/C20H20N4O4S/c1-2-29(26,27)24-13-16-11-7-6-10-15(16)12-17(24)18(25)21-20-23-22-19(28-20)14-8-4-3-5-9-14/h3-11,17H,2,12-13H2,1H3,(H,21,23,25)/t17-/m1/s1. The number of rotatable bonds is 5. The van der Waals surface area contributed by atoms with Gasteiger partial charge in [-0.25, -0.2) is 8.42 Å². The molecule has 0 aliphatic carbocycles. The van der Waals surface area contributed by atoms with E-state index in [1.54, 1.807) is 6.92 Å². The third kappa shape index (κ3) is 3.92. The van der Waals surface area contributed by atoms with Crippen molar-refractivity contribution in [2.75, 3.05) is 11.1 Å². The van der Waals surface area contributed by atoms with Crippen LogP contribution in [0.3, 0.4) is 0 Å². The molecule has 0 saturated carbocycles. The normalized spacial score (nSPS) is 16.9. The number of carbonyl (C=O) groups excluding carboxylic acids is 1. The SMILES string of the molecule is CCS(=O)(=O)N1Cc2ccccc2C[C@@H]1C(=O)Nc1nnc(-c2ccccc2)o1. The van der Waals surface area contributed by atoms with Crippen LogP contribution < -0.4 is 5.32 Å². The van der Waals surface area contributed by atoms with E-state index in [-0.39, 0.29) is 30.6 Å². The Morgan fingerprint density at radius 1 is 1.10 bits per heavy atom. The minimum absolute atomic E-state index is 0.0680. The Bertz CT molecular complexity index is 1130. The van der Waals surface area contributed by atoms with Gasteiger partial charge in [0.15, 0.2) is 0 Å². The van der Waals surface area contributed by atoms with E-state index in [1.807, 2.05) is 54.6 Å². The molecule has 1 amide bonds. The molecule has 2 aromatic carbocycles. The molecule has 0 bridgehead atoms. The predicted molar refractivity (Wildman–Crippen MR) is 107 cm³/mol. The Morgan fingerprint density at radius 2 is 1.79 bits per heavy atom. The second-order valence-electron chi connectivity index (χ2n) is 6.70. The monoisotopic (exact) mass is 412 g/mol. The fraction of sp³-hybridized carbons (Fsp3) is 0.250. The number of benzene rings is 2. The number of nitrogens with one attached hydrogen (secondary N) is 1. The molecule has 3 aromatic rings. The van der Waals surface area contributed by atoms with Crippen LogP contribution in [0.1, 0.15) is 18.1 Å². The van der Waals surface area contributed by atoms with Gasteiger partial charge in [-0.15, -0.1) is 5.10 Å². The lowest BCUT2D eigenvalue weighted by atomic mass is 9.95. The number of carbonyl (C=O) groups is 1. The Hall–Kier alpha value is -3.04. The summed E-state index contributed by atoms with van der Waals surface area (Å²) >= 11 is 0. The zero-order valence-corrected chi connectivity index (χ0v) is 16.6. The lowest BCUT2D eigenvalue weighted by Crippen LogP contribution is -2.51. The van der Waals surface area contributed by atoms with Crippen molar-refractivity contribution >= 4 is 21.9 Å². The summed E-state index contributed by atoms with van der Waals surface area (Å²) in [6.45, 7) is 1.72. The fourth-order valence-electron chi connectivity index (χ4n) is 3.34. The number of aromatic nitrogens is 2.